The van der Waals surface area contributed by atoms with Crippen LogP contribution in [0.25, 0.3) is 0 Å². The van der Waals surface area contributed by atoms with E-state index in [1.807, 2.05) is 6.20 Å². The normalized spacial score (nSPS) is 19.6. The van der Waals surface area contributed by atoms with E-state index in [1.165, 1.54) is 24.1 Å². The Labute approximate surface area is 73.6 Å². The van der Waals surface area contributed by atoms with Crippen LogP contribution < -0.4 is 0 Å². The second kappa shape index (κ2) is 2.35. The molecule has 0 atom stereocenters. The summed E-state index contributed by atoms with van der Waals surface area (Å²) >= 11 is 0. The summed E-state index contributed by atoms with van der Waals surface area (Å²) in [4.78, 5) is 0. The van der Waals surface area contributed by atoms with E-state index < -0.39 is 0 Å². The Morgan fingerprint density at radius 1 is 1.58 bits per heavy atom. The lowest BCUT2D eigenvalue weighted by Crippen LogP contribution is -2.18. The summed E-state index contributed by atoms with van der Waals surface area (Å²) in [6.45, 7) is 7.78. The van der Waals surface area contributed by atoms with Gasteiger partial charge in [-0.15, -0.1) is 0 Å². The van der Waals surface area contributed by atoms with Gasteiger partial charge in [0.1, 0.15) is 0 Å². The smallest absolute Gasteiger partial charge is 0.0524 e. The zero-order valence-corrected chi connectivity index (χ0v) is 8.09. The van der Waals surface area contributed by atoms with Crippen molar-refractivity contribution in [2.75, 3.05) is 0 Å². The zero-order chi connectivity index (χ0) is 8.77. The van der Waals surface area contributed by atoms with Crippen molar-refractivity contribution in [3.63, 3.8) is 0 Å². The average Bonchev–Trinajstić information content (AvgIpc) is 2.53. The highest BCUT2D eigenvalue weighted by atomic mass is 15.3. The van der Waals surface area contributed by atoms with Crippen LogP contribution in [0.15, 0.2) is 6.20 Å². The number of rotatable bonds is 1. The third-order valence-corrected chi connectivity index (χ3v) is 2.88. The van der Waals surface area contributed by atoms with Crippen LogP contribution in [0.1, 0.15) is 38.4 Å². The molecule has 0 aromatic carbocycles. The van der Waals surface area contributed by atoms with E-state index in [-0.39, 0.29) is 0 Å². The molecule has 0 N–H and O–H groups in total. The van der Waals surface area contributed by atoms with E-state index in [2.05, 4.69) is 30.6 Å². The lowest BCUT2D eigenvalue weighted by atomic mass is 9.91. The second-order valence-electron chi connectivity index (χ2n) is 4.22. The van der Waals surface area contributed by atoms with Crippen molar-refractivity contribution in [3.8, 4) is 0 Å². The van der Waals surface area contributed by atoms with Gasteiger partial charge >= 0.3 is 0 Å². The van der Waals surface area contributed by atoms with Crippen LogP contribution in [0.2, 0.25) is 0 Å². The van der Waals surface area contributed by atoms with Gasteiger partial charge < -0.3 is 0 Å². The highest BCUT2D eigenvalue weighted by molar-refractivity contribution is 5.31. The molecule has 0 fully saturated rings. The van der Waals surface area contributed by atoms with Gasteiger partial charge in [0.25, 0.3) is 0 Å². The Hall–Kier alpha value is -0.790. The summed E-state index contributed by atoms with van der Waals surface area (Å²) in [5.41, 5.74) is 3.27. The van der Waals surface area contributed by atoms with Gasteiger partial charge in [-0.3, -0.25) is 4.68 Å². The van der Waals surface area contributed by atoms with Crippen LogP contribution in [0.3, 0.4) is 0 Å². The van der Waals surface area contributed by atoms with E-state index in [0.29, 0.717) is 5.41 Å². The zero-order valence-electron chi connectivity index (χ0n) is 8.09. The van der Waals surface area contributed by atoms with Gasteiger partial charge in [-0.25, -0.2) is 0 Å². The average molecular weight is 164 g/mol. The molecule has 1 heterocycles. The quantitative estimate of drug-likeness (QED) is 0.621. The number of hydrogen-bond acceptors (Lipinski definition) is 1. The van der Waals surface area contributed by atoms with Gasteiger partial charge in [0.05, 0.1) is 6.20 Å². The van der Waals surface area contributed by atoms with Crippen LogP contribution in [-0.2, 0) is 18.4 Å². The molecule has 1 aromatic rings. The molecule has 1 aromatic heterocycles. The third kappa shape index (κ3) is 0.904. The molecule has 1 aliphatic carbocycles. The predicted octanol–water partition coefficient (Wildman–Crippen LogP) is 2.13. The molecule has 2 nitrogen and oxygen atoms in total. The van der Waals surface area contributed by atoms with Crippen LogP contribution in [-0.4, -0.2) is 9.78 Å². The SMILES string of the molecule is CCn1ncc2c1C(C)(C)CC2. The molecule has 0 saturated carbocycles. The standard InChI is InChI=1S/C10H16N2/c1-4-12-9-8(7-11-12)5-6-10(9,2)3/h7H,4-6H2,1-3H3. The molecular formula is C10H16N2. The predicted molar refractivity (Wildman–Crippen MR) is 49.2 cm³/mol. The van der Waals surface area contributed by atoms with Crippen molar-refractivity contribution in [3.05, 3.63) is 17.5 Å². The summed E-state index contributed by atoms with van der Waals surface area (Å²) in [5.74, 6) is 0. The van der Waals surface area contributed by atoms with Crippen molar-refractivity contribution in [2.24, 2.45) is 0 Å². The van der Waals surface area contributed by atoms with Gasteiger partial charge in [0.15, 0.2) is 0 Å². The van der Waals surface area contributed by atoms with E-state index in [1.54, 1.807) is 0 Å². The molecule has 12 heavy (non-hydrogen) atoms. The van der Waals surface area contributed by atoms with Crippen molar-refractivity contribution in [1.29, 1.82) is 0 Å². The largest absolute Gasteiger partial charge is 0.269 e. The highest BCUT2D eigenvalue weighted by Crippen LogP contribution is 2.37. The van der Waals surface area contributed by atoms with Crippen molar-refractivity contribution < 1.29 is 0 Å². The molecule has 0 spiro atoms. The number of aromatic nitrogens is 2. The third-order valence-electron chi connectivity index (χ3n) is 2.88. The second-order valence-corrected chi connectivity index (χ2v) is 4.22. The summed E-state index contributed by atoms with van der Waals surface area (Å²) in [6.07, 6.45) is 4.52. The highest BCUT2D eigenvalue weighted by Gasteiger charge is 2.33. The van der Waals surface area contributed by atoms with Gasteiger partial charge in [0, 0.05) is 17.7 Å². The van der Waals surface area contributed by atoms with Crippen LogP contribution in [0.4, 0.5) is 0 Å². The minimum atomic E-state index is 0.349. The molecule has 0 aliphatic heterocycles. The van der Waals surface area contributed by atoms with Crippen molar-refractivity contribution in [2.45, 2.75) is 45.6 Å². The maximum atomic E-state index is 4.37. The molecule has 0 unspecified atom stereocenters. The van der Waals surface area contributed by atoms with E-state index >= 15 is 0 Å². The van der Waals surface area contributed by atoms with E-state index in [9.17, 15) is 0 Å². The maximum absolute atomic E-state index is 4.37. The summed E-state index contributed by atoms with van der Waals surface area (Å²) in [6, 6.07) is 0. The molecule has 0 saturated heterocycles. The van der Waals surface area contributed by atoms with Gasteiger partial charge in [-0.1, -0.05) is 13.8 Å². The molecule has 0 radical (unpaired) electrons. The minimum Gasteiger partial charge on any atom is -0.269 e. The summed E-state index contributed by atoms with van der Waals surface area (Å²) in [7, 11) is 0. The summed E-state index contributed by atoms with van der Waals surface area (Å²) in [5, 5.41) is 4.37. The Morgan fingerprint density at radius 2 is 2.33 bits per heavy atom. The molecule has 0 bridgehead atoms. The molecule has 0 amide bonds. The lowest BCUT2D eigenvalue weighted by molar-refractivity contribution is 0.461. The maximum Gasteiger partial charge on any atom is 0.0524 e. The van der Waals surface area contributed by atoms with Gasteiger partial charge in [-0.05, 0) is 25.3 Å². The fraction of sp³-hybridized carbons (Fsp3) is 0.700. The topological polar surface area (TPSA) is 17.8 Å². The number of fused-ring (bicyclic) bond motifs is 1. The molecule has 2 heteroatoms. The Kier molecular flexibility index (Phi) is 1.53. The van der Waals surface area contributed by atoms with Crippen LogP contribution in [0, 0.1) is 0 Å². The van der Waals surface area contributed by atoms with Gasteiger partial charge in [-0.2, -0.15) is 5.10 Å². The van der Waals surface area contributed by atoms with E-state index in [0.717, 1.165) is 6.54 Å². The Morgan fingerprint density at radius 3 is 3.00 bits per heavy atom. The summed E-state index contributed by atoms with van der Waals surface area (Å²) < 4.78 is 2.14. The van der Waals surface area contributed by atoms with Crippen molar-refractivity contribution >= 4 is 0 Å². The van der Waals surface area contributed by atoms with Gasteiger partial charge in [0.2, 0.25) is 0 Å². The molecular weight excluding hydrogens is 148 g/mol. The van der Waals surface area contributed by atoms with E-state index in [4.69, 9.17) is 0 Å². The first-order valence-corrected chi connectivity index (χ1v) is 4.70. The monoisotopic (exact) mass is 164 g/mol. The number of hydrogen-bond donors (Lipinski definition) is 0. The van der Waals surface area contributed by atoms with Crippen LogP contribution in [0.5, 0.6) is 0 Å². The van der Waals surface area contributed by atoms with Crippen LogP contribution >= 0.6 is 0 Å². The number of nitrogens with zero attached hydrogens (tertiary/aromatic N) is 2. The first kappa shape index (κ1) is 7.84. The Balaban J connectivity index is 2.53. The van der Waals surface area contributed by atoms with Crippen molar-refractivity contribution in [1.82, 2.24) is 9.78 Å². The number of aryl methyl sites for hydroxylation is 2. The molecule has 2 rings (SSSR count). The molecule has 1 aliphatic rings. The fourth-order valence-corrected chi connectivity index (χ4v) is 2.20. The first-order valence-electron chi connectivity index (χ1n) is 4.70. The lowest BCUT2D eigenvalue weighted by Gasteiger charge is -2.19. The molecule has 66 valence electrons. The first-order chi connectivity index (χ1) is 5.65. The minimum absolute atomic E-state index is 0.349. The fourth-order valence-electron chi connectivity index (χ4n) is 2.20. The Bertz CT molecular complexity index is 297.